The Kier molecular flexibility index (Phi) is 3.75. The van der Waals surface area contributed by atoms with Gasteiger partial charge in [0.1, 0.15) is 5.75 Å². The number of allylic oxidation sites excluding steroid dienone is 2. The largest absolute Gasteiger partial charge is 0.496 e. The molecule has 3 aromatic rings. The molecule has 0 N–H and O–H groups in total. The van der Waals surface area contributed by atoms with Crippen LogP contribution in [0.5, 0.6) is 5.75 Å². The van der Waals surface area contributed by atoms with Crippen molar-refractivity contribution in [3.05, 3.63) is 113 Å². The molecular weight excluding hydrogens is 356 g/mol. The quantitative estimate of drug-likeness (QED) is 0.537. The van der Waals surface area contributed by atoms with Gasteiger partial charge in [0.25, 0.3) is 0 Å². The van der Waals surface area contributed by atoms with Gasteiger partial charge in [-0.1, -0.05) is 84.9 Å². The van der Waals surface area contributed by atoms with Crippen LogP contribution in [0.4, 0.5) is 0 Å². The number of rotatable bonds is 3. The van der Waals surface area contributed by atoms with E-state index in [0.717, 1.165) is 5.75 Å². The maximum absolute atomic E-state index is 6.60. The van der Waals surface area contributed by atoms with Gasteiger partial charge < -0.3 is 9.47 Å². The van der Waals surface area contributed by atoms with Crippen molar-refractivity contribution < 1.29 is 9.47 Å². The third kappa shape index (κ3) is 2.46. The van der Waals surface area contributed by atoms with Crippen LogP contribution < -0.4 is 4.74 Å². The summed E-state index contributed by atoms with van der Waals surface area (Å²) >= 11 is 0. The third-order valence-electron chi connectivity index (χ3n) is 6.55. The van der Waals surface area contributed by atoms with Gasteiger partial charge in [-0.25, -0.2) is 0 Å². The molecule has 0 saturated carbocycles. The minimum Gasteiger partial charge on any atom is -0.496 e. The molecule has 2 nitrogen and oxygen atoms in total. The molecule has 0 radical (unpaired) electrons. The van der Waals surface area contributed by atoms with Crippen LogP contribution in [0.3, 0.4) is 0 Å². The molecule has 2 aliphatic heterocycles. The fraction of sp³-hybridized carbons (Fsp3) is 0.185. The molecule has 142 valence electrons. The SMILES string of the molecule is COc1cccc2c1[C@H]1O[C@@H]2[C@@H]2C(c3ccccc3)=CC(c3ccccc3)=C[C@@H]21. The first kappa shape index (κ1) is 16.8. The number of hydrogen-bond acceptors (Lipinski definition) is 2. The smallest absolute Gasteiger partial charge is 0.125 e. The number of methoxy groups -OCH3 is 1. The Morgan fingerprint density at radius 2 is 1.48 bits per heavy atom. The van der Waals surface area contributed by atoms with Crippen molar-refractivity contribution in [2.45, 2.75) is 12.2 Å². The number of fused-ring (bicyclic) bond motifs is 8. The number of hydrogen-bond donors (Lipinski definition) is 0. The Morgan fingerprint density at radius 1 is 0.759 bits per heavy atom. The zero-order valence-corrected chi connectivity index (χ0v) is 16.3. The molecule has 6 rings (SSSR count). The second-order valence-corrected chi connectivity index (χ2v) is 8.00. The highest BCUT2D eigenvalue weighted by molar-refractivity contribution is 5.88. The summed E-state index contributed by atoms with van der Waals surface area (Å²) in [5.41, 5.74) is 7.71. The van der Waals surface area contributed by atoms with Crippen molar-refractivity contribution in [1.29, 1.82) is 0 Å². The highest BCUT2D eigenvalue weighted by Gasteiger charge is 2.54. The number of benzene rings is 3. The molecule has 2 bridgehead atoms. The fourth-order valence-electron chi connectivity index (χ4n) is 5.34. The standard InChI is InChI=1S/C27H22O2/c1-28-23-14-8-13-20-25(23)27-22-16-19(17-9-4-2-5-10-17)15-21(24(22)26(20)29-27)18-11-6-3-7-12-18/h2-16,22,24,26-27H,1H3/t22-,24+,26-,27-/m0/s1. The maximum atomic E-state index is 6.60. The molecular formula is C27H22O2. The predicted molar refractivity (Wildman–Crippen MR) is 115 cm³/mol. The molecule has 2 heterocycles. The first-order chi connectivity index (χ1) is 14.3. The summed E-state index contributed by atoms with van der Waals surface area (Å²) in [6, 6.07) is 27.8. The Morgan fingerprint density at radius 3 is 2.21 bits per heavy atom. The molecule has 4 atom stereocenters. The van der Waals surface area contributed by atoms with Crippen LogP contribution >= 0.6 is 0 Å². The average molecular weight is 378 g/mol. The molecule has 0 amide bonds. The third-order valence-corrected chi connectivity index (χ3v) is 6.55. The van der Waals surface area contributed by atoms with Crippen molar-refractivity contribution in [1.82, 2.24) is 0 Å². The molecule has 0 aromatic heterocycles. The zero-order valence-electron chi connectivity index (χ0n) is 16.3. The first-order valence-corrected chi connectivity index (χ1v) is 10.2. The summed E-state index contributed by atoms with van der Waals surface area (Å²) in [6.45, 7) is 0. The van der Waals surface area contributed by atoms with E-state index in [1.54, 1.807) is 7.11 Å². The van der Waals surface area contributed by atoms with Gasteiger partial charge in [0.15, 0.2) is 0 Å². The van der Waals surface area contributed by atoms with Gasteiger partial charge >= 0.3 is 0 Å². The van der Waals surface area contributed by atoms with E-state index < -0.39 is 0 Å². The Balaban J connectivity index is 1.54. The van der Waals surface area contributed by atoms with Gasteiger partial charge in [-0.3, -0.25) is 0 Å². The van der Waals surface area contributed by atoms with E-state index in [0.29, 0.717) is 11.8 Å². The lowest BCUT2D eigenvalue weighted by Crippen LogP contribution is -2.24. The topological polar surface area (TPSA) is 18.5 Å². The van der Waals surface area contributed by atoms with Crippen molar-refractivity contribution in [2.75, 3.05) is 7.11 Å². The van der Waals surface area contributed by atoms with Crippen molar-refractivity contribution in [2.24, 2.45) is 11.8 Å². The first-order valence-electron chi connectivity index (χ1n) is 10.2. The lowest BCUT2D eigenvalue weighted by atomic mass is 9.67. The van der Waals surface area contributed by atoms with Gasteiger partial charge in [-0.2, -0.15) is 0 Å². The highest BCUT2D eigenvalue weighted by atomic mass is 16.5. The van der Waals surface area contributed by atoms with E-state index >= 15 is 0 Å². The maximum Gasteiger partial charge on any atom is 0.125 e. The molecule has 3 aliphatic rings. The Labute approximate surface area is 171 Å². The van der Waals surface area contributed by atoms with Crippen molar-refractivity contribution >= 4 is 11.1 Å². The second-order valence-electron chi connectivity index (χ2n) is 8.00. The van der Waals surface area contributed by atoms with Gasteiger partial charge in [0, 0.05) is 17.4 Å². The van der Waals surface area contributed by atoms with E-state index in [2.05, 4.69) is 91.0 Å². The summed E-state index contributed by atoms with van der Waals surface area (Å²) in [5.74, 6) is 1.58. The summed E-state index contributed by atoms with van der Waals surface area (Å²) < 4.78 is 12.3. The Bertz CT molecular complexity index is 1130. The monoisotopic (exact) mass is 378 g/mol. The summed E-state index contributed by atoms with van der Waals surface area (Å²) in [5, 5.41) is 0. The molecule has 1 saturated heterocycles. The molecule has 2 heteroatoms. The van der Waals surface area contributed by atoms with Crippen LogP contribution in [0.15, 0.2) is 91.0 Å². The van der Waals surface area contributed by atoms with E-state index in [1.807, 2.05) is 0 Å². The van der Waals surface area contributed by atoms with Crippen LogP contribution in [-0.4, -0.2) is 7.11 Å². The minimum absolute atomic E-state index is 0.0438. The van der Waals surface area contributed by atoms with Crippen LogP contribution in [0, 0.1) is 11.8 Å². The molecule has 3 aromatic carbocycles. The van der Waals surface area contributed by atoms with Crippen molar-refractivity contribution in [3.8, 4) is 5.75 Å². The lowest BCUT2D eigenvalue weighted by Gasteiger charge is -2.34. The molecule has 0 unspecified atom stereocenters. The second kappa shape index (κ2) is 6.47. The summed E-state index contributed by atoms with van der Waals surface area (Å²) in [6.07, 6.45) is 4.92. The van der Waals surface area contributed by atoms with E-state index in [1.165, 1.54) is 33.4 Å². The molecule has 1 fully saturated rings. The Hall–Kier alpha value is -3.10. The van der Waals surface area contributed by atoms with Gasteiger partial charge in [-0.05, 0) is 33.9 Å². The zero-order chi connectivity index (χ0) is 19.4. The summed E-state index contributed by atoms with van der Waals surface area (Å²) in [4.78, 5) is 0. The highest BCUT2D eigenvalue weighted by Crippen LogP contribution is 2.64. The van der Waals surface area contributed by atoms with Gasteiger partial charge in [-0.15, -0.1) is 0 Å². The van der Waals surface area contributed by atoms with Gasteiger partial charge in [0.05, 0.1) is 19.3 Å². The van der Waals surface area contributed by atoms with E-state index in [-0.39, 0.29) is 12.2 Å². The number of ether oxygens (including phenoxy) is 2. The molecule has 0 spiro atoms. The van der Waals surface area contributed by atoms with E-state index in [9.17, 15) is 0 Å². The predicted octanol–water partition coefficient (Wildman–Crippen LogP) is 6.23. The van der Waals surface area contributed by atoms with Crippen LogP contribution in [0.25, 0.3) is 11.1 Å². The minimum atomic E-state index is 0.0438. The molecule has 29 heavy (non-hydrogen) atoms. The fourth-order valence-corrected chi connectivity index (χ4v) is 5.34. The summed E-state index contributed by atoms with van der Waals surface area (Å²) in [7, 11) is 1.75. The van der Waals surface area contributed by atoms with Crippen LogP contribution in [-0.2, 0) is 4.74 Å². The lowest BCUT2D eigenvalue weighted by molar-refractivity contribution is 0.0601. The van der Waals surface area contributed by atoms with Crippen molar-refractivity contribution in [3.63, 3.8) is 0 Å². The van der Waals surface area contributed by atoms with Crippen LogP contribution in [0.2, 0.25) is 0 Å². The average Bonchev–Trinajstić information content (AvgIpc) is 3.37. The molecule has 1 aliphatic carbocycles. The van der Waals surface area contributed by atoms with Gasteiger partial charge in [0.2, 0.25) is 0 Å². The normalized spacial score (nSPS) is 26.4. The van der Waals surface area contributed by atoms with Crippen LogP contribution in [0.1, 0.15) is 34.5 Å². The van der Waals surface area contributed by atoms with E-state index in [4.69, 9.17) is 9.47 Å².